The van der Waals surface area contributed by atoms with Crippen LogP contribution in [0.25, 0.3) is 0 Å². The molecule has 0 spiro atoms. The third kappa shape index (κ3) is 4.08. The molecule has 0 amide bonds. The second kappa shape index (κ2) is 7.56. The molecule has 0 saturated heterocycles. The fourth-order valence-electron chi connectivity index (χ4n) is 2.73. The molecule has 1 aromatic heterocycles. The van der Waals surface area contributed by atoms with E-state index in [1.54, 1.807) is 12.1 Å². The molecule has 0 bridgehead atoms. The number of ether oxygens (including phenoxy) is 1. The average Bonchev–Trinajstić information content (AvgIpc) is 2.55. The first-order valence-electron chi connectivity index (χ1n) is 7.68. The Morgan fingerprint density at radius 2 is 2.00 bits per heavy atom. The zero-order chi connectivity index (χ0) is 16.1. The van der Waals surface area contributed by atoms with Gasteiger partial charge in [0, 0.05) is 12.0 Å². The van der Waals surface area contributed by atoms with Gasteiger partial charge in [-0.15, -0.1) is 0 Å². The summed E-state index contributed by atoms with van der Waals surface area (Å²) in [7, 11) is 0. The Bertz CT molecular complexity index is 693. The smallest absolute Gasteiger partial charge is 0.140 e. The van der Waals surface area contributed by atoms with E-state index < -0.39 is 0 Å². The Labute approximate surface area is 141 Å². The molecule has 1 fully saturated rings. The highest BCUT2D eigenvalue weighted by Gasteiger charge is 2.32. The average molecular weight is 328 g/mol. The molecule has 5 heteroatoms. The molecule has 0 unspecified atom stereocenters. The maximum Gasteiger partial charge on any atom is 0.140 e. The number of halogens is 1. The van der Waals surface area contributed by atoms with E-state index in [-0.39, 0.29) is 0 Å². The number of aromatic nitrogens is 1. The molecule has 23 heavy (non-hydrogen) atoms. The number of nitriles is 1. The van der Waals surface area contributed by atoms with Crippen LogP contribution in [-0.4, -0.2) is 17.8 Å². The van der Waals surface area contributed by atoms with Crippen molar-refractivity contribution in [2.75, 3.05) is 6.73 Å². The topological polar surface area (TPSA) is 57.9 Å². The number of nitrogens with zero attached hydrogens (tertiary/aromatic N) is 2. The predicted molar refractivity (Wildman–Crippen MR) is 89.0 cm³/mol. The van der Waals surface area contributed by atoms with Gasteiger partial charge < -0.3 is 4.74 Å². The SMILES string of the molecule is N#Cc1ccc(Cl)c(C2CC(NCOCc3ccccc3)C2)n1. The van der Waals surface area contributed by atoms with E-state index in [0.29, 0.717) is 36.0 Å². The first kappa shape index (κ1) is 15.9. The standard InChI is InChI=1S/C18H18ClN3O/c19-17-7-6-15(10-20)22-18(17)14-8-16(9-14)21-12-23-11-13-4-2-1-3-5-13/h1-7,14,16,21H,8-9,11-12H2. The molecule has 0 atom stereocenters. The third-order valence-corrected chi connectivity index (χ3v) is 4.42. The minimum atomic E-state index is 0.322. The number of pyridine rings is 1. The van der Waals surface area contributed by atoms with Crippen LogP contribution in [-0.2, 0) is 11.3 Å². The highest BCUT2D eigenvalue weighted by atomic mass is 35.5. The van der Waals surface area contributed by atoms with Crippen LogP contribution in [0.2, 0.25) is 5.02 Å². The lowest BCUT2D eigenvalue weighted by Gasteiger charge is -2.36. The molecule has 2 aromatic rings. The van der Waals surface area contributed by atoms with Crippen molar-refractivity contribution in [3.05, 3.63) is 64.4 Å². The summed E-state index contributed by atoms with van der Waals surface area (Å²) < 4.78 is 5.63. The first-order valence-corrected chi connectivity index (χ1v) is 8.05. The van der Waals surface area contributed by atoms with Gasteiger partial charge >= 0.3 is 0 Å². The fraction of sp³-hybridized carbons (Fsp3) is 0.333. The molecule has 1 aromatic carbocycles. The first-order chi connectivity index (χ1) is 11.3. The zero-order valence-corrected chi connectivity index (χ0v) is 13.5. The molecule has 118 valence electrons. The van der Waals surface area contributed by atoms with Crippen molar-refractivity contribution in [1.29, 1.82) is 5.26 Å². The maximum atomic E-state index is 8.93. The Hall–Kier alpha value is -1.93. The van der Waals surface area contributed by atoms with Crippen LogP contribution in [0.3, 0.4) is 0 Å². The Balaban J connectivity index is 1.41. The lowest BCUT2D eigenvalue weighted by Crippen LogP contribution is -2.41. The normalized spacial score (nSPS) is 19.8. The molecule has 1 aliphatic carbocycles. The minimum absolute atomic E-state index is 0.322. The number of nitrogens with one attached hydrogen (secondary N) is 1. The summed E-state index contributed by atoms with van der Waals surface area (Å²) in [5.41, 5.74) is 2.44. The van der Waals surface area contributed by atoms with E-state index >= 15 is 0 Å². The van der Waals surface area contributed by atoms with E-state index in [1.807, 2.05) is 18.2 Å². The van der Waals surface area contributed by atoms with Crippen LogP contribution in [0.15, 0.2) is 42.5 Å². The molecule has 4 nitrogen and oxygen atoms in total. The van der Waals surface area contributed by atoms with Crippen LogP contribution >= 0.6 is 11.6 Å². The van der Waals surface area contributed by atoms with Gasteiger partial charge in [-0.25, -0.2) is 4.98 Å². The quantitative estimate of drug-likeness (QED) is 0.650. The Kier molecular flexibility index (Phi) is 5.24. The molecule has 3 rings (SSSR count). The van der Waals surface area contributed by atoms with Gasteiger partial charge in [0.05, 0.1) is 24.1 Å². The van der Waals surface area contributed by atoms with Crippen LogP contribution < -0.4 is 5.32 Å². The summed E-state index contributed by atoms with van der Waals surface area (Å²) >= 11 is 6.19. The van der Waals surface area contributed by atoms with E-state index in [4.69, 9.17) is 21.6 Å². The van der Waals surface area contributed by atoms with Gasteiger partial charge in [-0.2, -0.15) is 5.26 Å². The van der Waals surface area contributed by atoms with Crippen LogP contribution in [0.1, 0.15) is 35.7 Å². The molecule has 1 aliphatic rings. The van der Waals surface area contributed by atoms with Gasteiger partial charge in [-0.3, -0.25) is 5.32 Å². The van der Waals surface area contributed by atoms with Crippen LogP contribution in [0.4, 0.5) is 0 Å². The molecular formula is C18H18ClN3O. The van der Waals surface area contributed by atoms with Crippen molar-refractivity contribution in [2.45, 2.75) is 31.4 Å². The minimum Gasteiger partial charge on any atom is -0.362 e. The summed E-state index contributed by atoms with van der Waals surface area (Å²) in [5, 5.41) is 13.0. The van der Waals surface area contributed by atoms with Crippen molar-refractivity contribution in [3.63, 3.8) is 0 Å². The van der Waals surface area contributed by atoms with Gasteiger partial charge in [0.1, 0.15) is 11.8 Å². The van der Waals surface area contributed by atoms with Crippen molar-refractivity contribution < 1.29 is 4.74 Å². The van der Waals surface area contributed by atoms with Crippen molar-refractivity contribution in [2.24, 2.45) is 0 Å². The van der Waals surface area contributed by atoms with Crippen LogP contribution in [0.5, 0.6) is 0 Å². The molecule has 1 heterocycles. The summed E-state index contributed by atoms with van der Waals surface area (Å²) in [6, 6.07) is 16.0. The van der Waals surface area contributed by atoms with Gasteiger partial charge in [-0.05, 0) is 30.5 Å². The Morgan fingerprint density at radius 1 is 1.22 bits per heavy atom. The van der Waals surface area contributed by atoms with Crippen molar-refractivity contribution in [3.8, 4) is 6.07 Å². The molecule has 0 radical (unpaired) electrons. The molecule has 1 N–H and O–H groups in total. The number of benzene rings is 1. The summed E-state index contributed by atoms with van der Waals surface area (Å²) in [6.07, 6.45) is 1.94. The number of hydrogen-bond donors (Lipinski definition) is 1. The maximum absolute atomic E-state index is 8.93. The summed E-state index contributed by atoms with van der Waals surface area (Å²) in [6.45, 7) is 1.15. The van der Waals surface area contributed by atoms with E-state index in [2.05, 4.69) is 28.5 Å². The lowest BCUT2D eigenvalue weighted by atomic mass is 9.78. The number of rotatable bonds is 6. The number of hydrogen-bond acceptors (Lipinski definition) is 4. The predicted octanol–water partition coefficient (Wildman–Crippen LogP) is 3.62. The molecular weight excluding hydrogens is 310 g/mol. The van der Waals surface area contributed by atoms with Crippen LogP contribution in [0, 0.1) is 11.3 Å². The highest BCUT2D eigenvalue weighted by Crippen LogP contribution is 2.38. The van der Waals surface area contributed by atoms with Crippen molar-refractivity contribution in [1.82, 2.24) is 10.3 Å². The van der Waals surface area contributed by atoms with Gasteiger partial charge in [0.15, 0.2) is 0 Å². The molecule has 1 saturated carbocycles. The van der Waals surface area contributed by atoms with E-state index in [1.165, 1.54) is 5.56 Å². The van der Waals surface area contributed by atoms with Gasteiger partial charge in [0.25, 0.3) is 0 Å². The largest absolute Gasteiger partial charge is 0.362 e. The summed E-state index contributed by atoms with van der Waals surface area (Å²) in [4.78, 5) is 4.33. The highest BCUT2D eigenvalue weighted by molar-refractivity contribution is 6.31. The van der Waals surface area contributed by atoms with E-state index in [0.717, 1.165) is 18.5 Å². The van der Waals surface area contributed by atoms with Crippen molar-refractivity contribution >= 4 is 11.6 Å². The lowest BCUT2D eigenvalue weighted by molar-refractivity contribution is 0.0820. The van der Waals surface area contributed by atoms with E-state index in [9.17, 15) is 0 Å². The second-order valence-corrected chi connectivity index (χ2v) is 6.13. The fourth-order valence-corrected chi connectivity index (χ4v) is 2.99. The van der Waals surface area contributed by atoms with Gasteiger partial charge in [0.2, 0.25) is 0 Å². The van der Waals surface area contributed by atoms with Gasteiger partial charge in [-0.1, -0.05) is 41.9 Å². The Morgan fingerprint density at radius 3 is 2.74 bits per heavy atom. The zero-order valence-electron chi connectivity index (χ0n) is 12.7. The summed E-state index contributed by atoms with van der Waals surface area (Å²) in [5.74, 6) is 0.322. The second-order valence-electron chi connectivity index (χ2n) is 5.72. The molecule has 0 aliphatic heterocycles. The monoisotopic (exact) mass is 327 g/mol. The third-order valence-electron chi connectivity index (χ3n) is 4.10.